The van der Waals surface area contributed by atoms with Crippen LogP contribution in [0.5, 0.6) is 17.4 Å². The number of rotatable bonds is 7. The average Bonchev–Trinajstić information content (AvgIpc) is 3.15. The Labute approximate surface area is 184 Å². The Hall–Kier alpha value is -3.93. The highest BCUT2D eigenvalue weighted by molar-refractivity contribution is 7.92. The second-order valence-corrected chi connectivity index (χ2v) is 8.37. The molecule has 3 heterocycles. The molecule has 0 amide bonds. The molecule has 0 spiro atoms. The minimum absolute atomic E-state index is 0.0418. The summed E-state index contributed by atoms with van der Waals surface area (Å²) in [4.78, 5) is 17.8. The number of hydrogen-bond donors (Lipinski definition) is 1. The standard InChI is InChI=1S/C20H20N6O5S/c1-29-13-8-6-9-14(30-2)17(13)26-19(12-7-5-10-16(22-12)31-3)24-18-20(26)23-15(11-21-18)25-32(4,27)28/h5-11H,1-4H3,(H,23,25). The lowest BCUT2D eigenvalue weighted by Gasteiger charge is -2.16. The number of benzene rings is 1. The van der Waals surface area contributed by atoms with Gasteiger partial charge in [-0.05, 0) is 18.2 Å². The van der Waals surface area contributed by atoms with E-state index in [4.69, 9.17) is 14.2 Å². The van der Waals surface area contributed by atoms with E-state index in [0.29, 0.717) is 34.6 Å². The molecule has 12 heteroatoms. The number of ether oxygens (including phenoxy) is 3. The van der Waals surface area contributed by atoms with Crippen molar-refractivity contribution in [1.29, 1.82) is 0 Å². The zero-order valence-corrected chi connectivity index (χ0v) is 18.5. The molecule has 0 atom stereocenters. The van der Waals surface area contributed by atoms with Crippen molar-refractivity contribution in [3.05, 3.63) is 42.6 Å². The fourth-order valence-electron chi connectivity index (χ4n) is 3.18. The first kappa shape index (κ1) is 21.3. The van der Waals surface area contributed by atoms with Gasteiger partial charge in [-0.1, -0.05) is 12.1 Å². The lowest BCUT2D eigenvalue weighted by atomic mass is 10.2. The van der Waals surface area contributed by atoms with Crippen LogP contribution in [0.1, 0.15) is 0 Å². The Morgan fingerprint density at radius 2 is 1.59 bits per heavy atom. The van der Waals surface area contributed by atoms with Gasteiger partial charge in [0.1, 0.15) is 22.9 Å². The number of fused-ring (bicyclic) bond motifs is 1. The molecule has 4 aromatic rings. The number of anilines is 1. The van der Waals surface area contributed by atoms with Crippen LogP contribution in [0, 0.1) is 0 Å². The zero-order valence-electron chi connectivity index (χ0n) is 17.7. The van der Waals surface area contributed by atoms with Gasteiger partial charge in [-0.15, -0.1) is 0 Å². The van der Waals surface area contributed by atoms with Gasteiger partial charge in [0.2, 0.25) is 15.9 Å². The molecule has 0 saturated heterocycles. The van der Waals surface area contributed by atoms with Crippen molar-refractivity contribution >= 4 is 27.1 Å². The third-order valence-electron chi connectivity index (χ3n) is 4.45. The molecule has 3 aromatic heterocycles. The minimum Gasteiger partial charge on any atom is -0.494 e. The maximum atomic E-state index is 11.7. The van der Waals surface area contributed by atoms with E-state index in [2.05, 4.69) is 24.7 Å². The van der Waals surface area contributed by atoms with Crippen LogP contribution in [0.3, 0.4) is 0 Å². The van der Waals surface area contributed by atoms with Crippen molar-refractivity contribution in [3.63, 3.8) is 0 Å². The molecule has 0 aliphatic carbocycles. The molecular formula is C20H20N6O5S. The number of nitrogens with zero attached hydrogens (tertiary/aromatic N) is 5. The Balaban J connectivity index is 2.09. The summed E-state index contributed by atoms with van der Waals surface area (Å²) >= 11 is 0. The molecule has 1 aromatic carbocycles. The molecule has 0 fully saturated rings. The second kappa shape index (κ2) is 8.30. The summed E-state index contributed by atoms with van der Waals surface area (Å²) in [5, 5.41) is 0. The van der Waals surface area contributed by atoms with Crippen LogP contribution in [0.2, 0.25) is 0 Å². The Morgan fingerprint density at radius 1 is 0.906 bits per heavy atom. The minimum atomic E-state index is -3.56. The van der Waals surface area contributed by atoms with Gasteiger partial charge in [0.05, 0.1) is 33.8 Å². The van der Waals surface area contributed by atoms with E-state index >= 15 is 0 Å². The van der Waals surface area contributed by atoms with Gasteiger partial charge in [-0.3, -0.25) is 9.29 Å². The molecule has 11 nitrogen and oxygen atoms in total. The second-order valence-electron chi connectivity index (χ2n) is 6.62. The maximum Gasteiger partial charge on any atom is 0.231 e. The molecule has 166 valence electrons. The molecule has 0 bridgehead atoms. The van der Waals surface area contributed by atoms with Crippen molar-refractivity contribution < 1.29 is 22.6 Å². The van der Waals surface area contributed by atoms with Crippen LogP contribution in [0.15, 0.2) is 42.6 Å². The number of pyridine rings is 1. The molecule has 0 radical (unpaired) electrons. The van der Waals surface area contributed by atoms with E-state index in [1.165, 1.54) is 27.5 Å². The van der Waals surface area contributed by atoms with Crippen LogP contribution in [0.4, 0.5) is 5.82 Å². The normalized spacial score (nSPS) is 11.4. The Morgan fingerprint density at radius 3 is 2.22 bits per heavy atom. The summed E-state index contributed by atoms with van der Waals surface area (Å²) in [5.41, 5.74) is 1.54. The van der Waals surface area contributed by atoms with E-state index in [-0.39, 0.29) is 17.1 Å². The summed E-state index contributed by atoms with van der Waals surface area (Å²) in [6.07, 6.45) is 2.33. The quantitative estimate of drug-likeness (QED) is 0.445. The molecule has 4 rings (SSSR count). The Kier molecular flexibility index (Phi) is 5.53. The van der Waals surface area contributed by atoms with Crippen LogP contribution in [-0.4, -0.2) is 60.5 Å². The van der Waals surface area contributed by atoms with Crippen molar-refractivity contribution in [1.82, 2.24) is 24.5 Å². The summed E-state index contributed by atoms with van der Waals surface area (Å²) in [5.74, 6) is 1.79. The highest BCUT2D eigenvalue weighted by Crippen LogP contribution is 2.37. The van der Waals surface area contributed by atoms with Crippen LogP contribution >= 0.6 is 0 Å². The van der Waals surface area contributed by atoms with Crippen molar-refractivity contribution in [2.45, 2.75) is 0 Å². The monoisotopic (exact) mass is 456 g/mol. The number of para-hydroxylation sites is 1. The van der Waals surface area contributed by atoms with E-state index < -0.39 is 10.0 Å². The smallest absolute Gasteiger partial charge is 0.231 e. The van der Waals surface area contributed by atoms with Gasteiger partial charge in [0.25, 0.3) is 0 Å². The SMILES string of the molecule is COc1cccc(-c2nc3ncc(NS(C)(=O)=O)nc3n2-c2c(OC)cccc2OC)n1. The molecule has 0 unspecified atom stereocenters. The first-order chi connectivity index (χ1) is 15.3. The van der Waals surface area contributed by atoms with Gasteiger partial charge in [-0.2, -0.15) is 0 Å². The lowest BCUT2D eigenvalue weighted by molar-refractivity contribution is 0.391. The molecular weight excluding hydrogens is 436 g/mol. The first-order valence-electron chi connectivity index (χ1n) is 9.30. The molecule has 0 saturated carbocycles. The van der Waals surface area contributed by atoms with Gasteiger partial charge >= 0.3 is 0 Å². The molecule has 1 N–H and O–H groups in total. The summed E-state index contributed by atoms with van der Waals surface area (Å²) in [7, 11) is 1.02. The number of aromatic nitrogens is 5. The van der Waals surface area contributed by atoms with Gasteiger partial charge < -0.3 is 14.2 Å². The van der Waals surface area contributed by atoms with Crippen molar-refractivity contribution in [2.75, 3.05) is 32.3 Å². The third-order valence-corrected chi connectivity index (χ3v) is 5.03. The molecule has 0 aliphatic heterocycles. The highest BCUT2D eigenvalue weighted by atomic mass is 32.2. The molecule has 0 aliphatic rings. The number of hydrogen-bond acceptors (Lipinski definition) is 9. The third kappa shape index (κ3) is 3.99. The predicted octanol–water partition coefficient (Wildman–Crippen LogP) is 2.27. The van der Waals surface area contributed by atoms with Crippen LogP contribution in [-0.2, 0) is 10.0 Å². The fraction of sp³-hybridized carbons (Fsp3) is 0.200. The predicted molar refractivity (Wildman–Crippen MR) is 118 cm³/mol. The molecule has 32 heavy (non-hydrogen) atoms. The van der Waals surface area contributed by atoms with Crippen molar-refractivity contribution in [3.8, 4) is 34.6 Å². The van der Waals surface area contributed by atoms with Crippen molar-refractivity contribution in [2.24, 2.45) is 0 Å². The number of methoxy groups -OCH3 is 3. The average molecular weight is 456 g/mol. The maximum absolute atomic E-state index is 11.7. The van der Waals surface area contributed by atoms with Gasteiger partial charge in [-0.25, -0.2) is 28.4 Å². The number of sulfonamides is 1. The van der Waals surface area contributed by atoms with E-state index in [1.807, 2.05) is 0 Å². The summed E-state index contributed by atoms with van der Waals surface area (Å²) < 4.78 is 43.8. The largest absolute Gasteiger partial charge is 0.494 e. The fourth-order valence-corrected chi connectivity index (χ4v) is 3.66. The lowest BCUT2D eigenvalue weighted by Crippen LogP contribution is -2.12. The Bertz CT molecular complexity index is 1380. The van der Waals surface area contributed by atoms with Gasteiger partial charge in [0.15, 0.2) is 22.9 Å². The van der Waals surface area contributed by atoms with Crippen LogP contribution < -0.4 is 18.9 Å². The zero-order chi connectivity index (χ0) is 22.9. The summed E-state index contributed by atoms with van der Waals surface area (Å²) in [6, 6.07) is 10.6. The number of imidazole rings is 1. The first-order valence-corrected chi connectivity index (χ1v) is 11.2. The van der Waals surface area contributed by atoms with E-state index in [1.54, 1.807) is 41.0 Å². The highest BCUT2D eigenvalue weighted by Gasteiger charge is 2.24. The topological polar surface area (TPSA) is 130 Å². The van der Waals surface area contributed by atoms with E-state index in [9.17, 15) is 8.42 Å². The summed E-state index contributed by atoms with van der Waals surface area (Å²) in [6.45, 7) is 0. The van der Waals surface area contributed by atoms with Gasteiger partial charge in [0, 0.05) is 6.07 Å². The number of nitrogens with one attached hydrogen (secondary N) is 1. The van der Waals surface area contributed by atoms with E-state index in [0.717, 1.165) is 6.26 Å². The van der Waals surface area contributed by atoms with Crippen LogP contribution in [0.25, 0.3) is 28.5 Å².